The molecule has 4 rings (SSSR count). The summed E-state index contributed by atoms with van der Waals surface area (Å²) in [5, 5.41) is 10.6. The largest absolute Gasteiger partial charge is 0.357 e. The third-order valence-electron chi connectivity index (χ3n) is 4.49. The number of nitrogens with zero attached hydrogens (tertiary/aromatic N) is 2. The lowest BCUT2D eigenvalue weighted by Crippen LogP contribution is -2.30. The van der Waals surface area contributed by atoms with Crippen LogP contribution in [0.5, 0.6) is 0 Å². The number of benzene rings is 2. The number of hydrogen-bond donors (Lipinski definition) is 1. The predicted molar refractivity (Wildman–Crippen MR) is 87.3 cm³/mol. The van der Waals surface area contributed by atoms with Crippen LogP contribution in [0.4, 0.5) is 0 Å². The second-order valence-corrected chi connectivity index (χ2v) is 5.86. The van der Waals surface area contributed by atoms with Crippen molar-refractivity contribution in [1.29, 1.82) is 5.26 Å². The Labute approximate surface area is 129 Å². The molecule has 1 aliphatic rings. The zero-order valence-electron chi connectivity index (χ0n) is 12.3. The molecule has 0 bridgehead atoms. The summed E-state index contributed by atoms with van der Waals surface area (Å²) < 4.78 is 0. The number of aromatic amines is 1. The van der Waals surface area contributed by atoms with Crippen molar-refractivity contribution in [3.8, 4) is 6.07 Å². The Kier molecular flexibility index (Phi) is 3.17. The lowest BCUT2D eigenvalue weighted by molar-refractivity contribution is 0.243. The highest BCUT2D eigenvalue weighted by Gasteiger charge is 2.20. The van der Waals surface area contributed by atoms with Gasteiger partial charge >= 0.3 is 0 Å². The van der Waals surface area contributed by atoms with E-state index < -0.39 is 0 Å². The molecule has 0 atom stereocenters. The number of para-hydroxylation sites is 1. The average molecular weight is 287 g/mol. The maximum absolute atomic E-state index is 9.23. The van der Waals surface area contributed by atoms with E-state index in [1.807, 2.05) is 18.2 Å². The van der Waals surface area contributed by atoms with Gasteiger partial charge < -0.3 is 4.98 Å². The van der Waals surface area contributed by atoms with Crippen molar-refractivity contribution < 1.29 is 0 Å². The maximum Gasteiger partial charge on any atom is 0.0995 e. The van der Waals surface area contributed by atoms with Gasteiger partial charge in [-0.2, -0.15) is 5.26 Å². The van der Waals surface area contributed by atoms with Gasteiger partial charge in [0.05, 0.1) is 11.6 Å². The lowest BCUT2D eigenvalue weighted by atomic mass is 10.0. The van der Waals surface area contributed by atoms with E-state index in [0.717, 1.165) is 37.2 Å². The van der Waals surface area contributed by atoms with E-state index in [9.17, 15) is 5.26 Å². The third-order valence-corrected chi connectivity index (χ3v) is 4.49. The molecule has 1 aliphatic heterocycles. The Bertz CT molecular complexity index is 870. The SMILES string of the molecule is N#Cc1ccccc1CN1CCc2c([nH]c3ccccc23)C1. The monoisotopic (exact) mass is 287 g/mol. The number of hydrogen-bond acceptors (Lipinski definition) is 2. The molecule has 3 aromatic rings. The molecule has 2 aromatic carbocycles. The summed E-state index contributed by atoms with van der Waals surface area (Å²) in [6.45, 7) is 2.79. The van der Waals surface area contributed by atoms with Crippen LogP contribution in [-0.4, -0.2) is 16.4 Å². The van der Waals surface area contributed by atoms with Gasteiger partial charge in [-0.05, 0) is 29.7 Å². The van der Waals surface area contributed by atoms with Crippen molar-refractivity contribution in [1.82, 2.24) is 9.88 Å². The number of fused-ring (bicyclic) bond motifs is 3. The Morgan fingerprint density at radius 1 is 1.09 bits per heavy atom. The Hall–Kier alpha value is -2.57. The zero-order chi connectivity index (χ0) is 14.9. The first kappa shape index (κ1) is 13.1. The van der Waals surface area contributed by atoms with E-state index >= 15 is 0 Å². The van der Waals surface area contributed by atoms with Gasteiger partial charge in [0.1, 0.15) is 0 Å². The van der Waals surface area contributed by atoms with Crippen molar-refractivity contribution in [2.24, 2.45) is 0 Å². The molecule has 0 saturated carbocycles. The Morgan fingerprint density at radius 2 is 1.91 bits per heavy atom. The van der Waals surface area contributed by atoms with Crippen molar-refractivity contribution in [2.45, 2.75) is 19.5 Å². The van der Waals surface area contributed by atoms with E-state index in [-0.39, 0.29) is 0 Å². The van der Waals surface area contributed by atoms with Crippen LogP contribution >= 0.6 is 0 Å². The van der Waals surface area contributed by atoms with Gasteiger partial charge in [-0.15, -0.1) is 0 Å². The molecule has 1 N–H and O–H groups in total. The van der Waals surface area contributed by atoms with Gasteiger partial charge in [-0.3, -0.25) is 4.90 Å². The molecule has 0 amide bonds. The molecule has 0 spiro atoms. The molecular weight excluding hydrogens is 270 g/mol. The Morgan fingerprint density at radius 3 is 2.82 bits per heavy atom. The fourth-order valence-corrected chi connectivity index (χ4v) is 3.39. The summed E-state index contributed by atoms with van der Waals surface area (Å²) in [5.41, 5.74) is 5.91. The molecule has 0 unspecified atom stereocenters. The molecule has 0 saturated heterocycles. The Balaban J connectivity index is 1.61. The summed E-state index contributed by atoms with van der Waals surface area (Å²) >= 11 is 0. The number of nitrogens with one attached hydrogen (secondary N) is 1. The van der Waals surface area contributed by atoms with Crippen LogP contribution in [0.3, 0.4) is 0 Å². The predicted octanol–water partition coefficient (Wildman–Crippen LogP) is 3.60. The standard InChI is InChI=1S/C19H17N3/c20-11-14-5-1-2-6-15(14)12-22-10-9-17-16-7-3-4-8-18(16)21-19(17)13-22/h1-8,21H,9-10,12-13H2. The number of H-pyrrole nitrogens is 1. The highest BCUT2D eigenvalue weighted by molar-refractivity contribution is 5.84. The van der Waals surface area contributed by atoms with Crippen molar-refractivity contribution >= 4 is 10.9 Å². The number of rotatable bonds is 2. The molecule has 108 valence electrons. The highest BCUT2D eigenvalue weighted by atomic mass is 15.1. The highest BCUT2D eigenvalue weighted by Crippen LogP contribution is 2.28. The minimum Gasteiger partial charge on any atom is -0.357 e. The van der Waals surface area contributed by atoms with Gasteiger partial charge in [-0.1, -0.05) is 36.4 Å². The van der Waals surface area contributed by atoms with Gasteiger partial charge in [0, 0.05) is 36.2 Å². The number of aromatic nitrogens is 1. The first-order valence-corrected chi connectivity index (χ1v) is 7.64. The molecular formula is C19H17N3. The summed E-state index contributed by atoms with van der Waals surface area (Å²) in [7, 11) is 0. The van der Waals surface area contributed by atoms with Crippen LogP contribution in [0.1, 0.15) is 22.4 Å². The fraction of sp³-hybridized carbons (Fsp3) is 0.211. The topological polar surface area (TPSA) is 42.8 Å². The molecule has 2 heterocycles. The second kappa shape index (κ2) is 5.32. The molecule has 0 aliphatic carbocycles. The van der Waals surface area contributed by atoms with Crippen molar-refractivity contribution in [3.05, 3.63) is 70.9 Å². The smallest absolute Gasteiger partial charge is 0.0995 e. The summed E-state index contributed by atoms with van der Waals surface area (Å²) in [5.74, 6) is 0. The molecule has 22 heavy (non-hydrogen) atoms. The lowest BCUT2D eigenvalue weighted by Gasteiger charge is -2.27. The summed E-state index contributed by atoms with van der Waals surface area (Å²) in [6.07, 6.45) is 1.06. The van der Waals surface area contributed by atoms with E-state index in [4.69, 9.17) is 0 Å². The van der Waals surface area contributed by atoms with Crippen molar-refractivity contribution in [2.75, 3.05) is 6.54 Å². The van der Waals surface area contributed by atoms with E-state index in [0.29, 0.717) is 0 Å². The first-order valence-electron chi connectivity index (χ1n) is 7.64. The normalized spacial score (nSPS) is 14.7. The van der Waals surface area contributed by atoms with E-state index in [1.54, 1.807) is 0 Å². The van der Waals surface area contributed by atoms with Gasteiger partial charge in [0.25, 0.3) is 0 Å². The molecule has 0 radical (unpaired) electrons. The van der Waals surface area contributed by atoms with Crippen LogP contribution in [0.2, 0.25) is 0 Å². The van der Waals surface area contributed by atoms with Gasteiger partial charge in [0.15, 0.2) is 0 Å². The number of nitriles is 1. The molecule has 3 nitrogen and oxygen atoms in total. The van der Waals surface area contributed by atoms with E-state index in [1.165, 1.54) is 22.2 Å². The van der Waals surface area contributed by atoms with Gasteiger partial charge in [0.2, 0.25) is 0 Å². The fourth-order valence-electron chi connectivity index (χ4n) is 3.39. The molecule has 1 aromatic heterocycles. The van der Waals surface area contributed by atoms with Crippen LogP contribution in [-0.2, 0) is 19.5 Å². The zero-order valence-corrected chi connectivity index (χ0v) is 12.3. The second-order valence-electron chi connectivity index (χ2n) is 5.86. The van der Waals surface area contributed by atoms with Gasteiger partial charge in [-0.25, -0.2) is 0 Å². The third kappa shape index (κ3) is 2.18. The molecule has 0 fully saturated rings. The first-order chi connectivity index (χ1) is 10.8. The minimum absolute atomic E-state index is 0.782. The van der Waals surface area contributed by atoms with Crippen LogP contribution in [0, 0.1) is 11.3 Å². The summed E-state index contributed by atoms with van der Waals surface area (Å²) in [4.78, 5) is 5.96. The maximum atomic E-state index is 9.23. The van der Waals surface area contributed by atoms with Crippen LogP contribution in [0.15, 0.2) is 48.5 Å². The quantitative estimate of drug-likeness (QED) is 0.782. The summed E-state index contributed by atoms with van der Waals surface area (Å²) in [6, 6.07) is 18.7. The van der Waals surface area contributed by atoms with Crippen LogP contribution in [0.25, 0.3) is 10.9 Å². The van der Waals surface area contributed by atoms with E-state index in [2.05, 4.69) is 46.3 Å². The average Bonchev–Trinajstić information content (AvgIpc) is 2.93. The minimum atomic E-state index is 0.782. The van der Waals surface area contributed by atoms with Crippen molar-refractivity contribution in [3.63, 3.8) is 0 Å². The molecule has 3 heteroatoms. The van der Waals surface area contributed by atoms with Crippen LogP contribution < -0.4 is 0 Å².